The lowest BCUT2D eigenvalue weighted by Crippen LogP contribution is -2.34. The Morgan fingerprint density at radius 3 is 2.81 bits per heavy atom. The zero-order chi connectivity index (χ0) is 19.4. The molecule has 0 saturated carbocycles. The van der Waals surface area contributed by atoms with Crippen molar-refractivity contribution in [2.75, 3.05) is 5.75 Å². The molecule has 0 radical (unpaired) electrons. The summed E-state index contributed by atoms with van der Waals surface area (Å²) in [5, 5.41) is 3.84. The van der Waals surface area contributed by atoms with Crippen LogP contribution in [0.1, 0.15) is 62.7 Å². The summed E-state index contributed by atoms with van der Waals surface area (Å²) >= 11 is 3.16. The maximum atomic E-state index is 12.5. The summed E-state index contributed by atoms with van der Waals surface area (Å²) in [6.45, 7) is 6.44. The van der Waals surface area contributed by atoms with Gasteiger partial charge in [0, 0.05) is 10.9 Å². The number of amides is 1. The van der Waals surface area contributed by atoms with Crippen molar-refractivity contribution in [2.24, 2.45) is 5.92 Å². The summed E-state index contributed by atoms with van der Waals surface area (Å²) in [6, 6.07) is 0.201. The van der Waals surface area contributed by atoms with Gasteiger partial charge < -0.3 is 10.3 Å². The highest BCUT2D eigenvalue weighted by Crippen LogP contribution is 2.33. The molecule has 0 aliphatic heterocycles. The van der Waals surface area contributed by atoms with Gasteiger partial charge in [0.05, 0.1) is 16.9 Å². The number of aryl methyl sites for hydroxylation is 2. The van der Waals surface area contributed by atoms with Gasteiger partial charge in [-0.1, -0.05) is 13.8 Å². The fourth-order valence-electron chi connectivity index (χ4n) is 3.49. The number of carbonyl (C=O) groups excluding carboxylic acids is 1. The molecular formula is C20H29N3O2S2. The summed E-state index contributed by atoms with van der Waals surface area (Å²) in [7, 11) is 0. The number of carbonyl (C=O) groups is 1. The highest BCUT2D eigenvalue weighted by Gasteiger charge is 2.19. The van der Waals surface area contributed by atoms with E-state index in [4.69, 9.17) is 0 Å². The van der Waals surface area contributed by atoms with E-state index in [1.807, 2.05) is 0 Å². The van der Waals surface area contributed by atoms with Crippen molar-refractivity contribution >= 4 is 39.2 Å². The minimum atomic E-state index is -0.0261. The first kappa shape index (κ1) is 20.4. The largest absolute Gasteiger partial charge is 0.353 e. The Kier molecular flexibility index (Phi) is 6.98. The molecule has 7 heteroatoms. The molecule has 0 saturated heterocycles. The Bertz CT molecular complexity index is 857. The van der Waals surface area contributed by atoms with Crippen molar-refractivity contribution < 1.29 is 4.79 Å². The lowest BCUT2D eigenvalue weighted by Gasteiger charge is -2.14. The maximum Gasteiger partial charge on any atom is 0.259 e. The minimum absolute atomic E-state index is 0.0261. The highest BCUT2D eigenvalue weighted by atomic mass is 32.2. The number of hydrogen-bond acceptors (Lipinski definition) is 5. The van der Waals surface area contributed by atoms with E-state index in [1.165, 1.54) is 28.6 Å². The first-order chi connectivity index (χ1) is 12.9. The van der Waals surface area contributed by atoms with Crippen molar-refractivity contribution in [1.29, 1.82) is 0 Å². The number of thiophene rings is 1. The van der Waals surface area contributed by atoms with E-state index in [-0.39, 0.29) is 17.5 Å². The monoisotopic (exact) mass is 407 g/mol. The molecule has 0 aromatic carbocycles. The van der Waals surface area contributed by atoms with Crippen LogP contribution in [0.4, 0.5) is 0 Å². The third-order valence-corrected chi connectivity index (χ3v) is 7.06. The normalized spacial score (nSPS) is 15.1. The molecule has 0 unspecified atom stereocenters. The number of H-pyrrole nitrogens is 1. The predicted octanol–water partition coefficient (Wildman–Crippen LogP) is 4.04. The molecule has 1 amide bonds. The van der Waals surface area contributed by atoms with Gasteiger partial charge in [-0.2, -0.15) is 0 Å². The van der Waals surface area contributed by atoms with Gasteiger partial charge in [0.2, 0.25) is 5.91 Å². The van der Waals surface area contributed by atoms with E-state index in [0.717, 1.165) is 42.3 Å². The van der Waals surface area contributed by atoms with Crippen molar-refractivity contribution in [1.82, 2.24) is 15.3 Å². The molecule has 2 heterocycles. The molecule has 2 aromatic heterocycles. The van der Waals surface area contributed by atoms with Crippen molar-refractivity contribution in [3.63, 3.8) is 0 Å². The second kappa shape index (κ2) is 9.24. The molecule has 27 heavy (non-hydrogen) atoms. The molecule has 3 rings (SSSR count). The third kappa shape index (κ3) is 5.35. The van der Waals surface area contributed by atoms with Crippen LogP contribution >= 0.6 is 23.1 Å². The van der Waals surface area contributed by atoms with Crippen LogP contribution in [-0.2, 0) is 23.4 Å². The standard InChI is InChI=1S/C20H29N3O2S2/c1-12(2)8-9-13(3)21-17(24)11-26-10-16-22-19(25)18-14-6-4-5-7-15(14)27-20(18)23-16/h12-13H,4-11H2,1-3H3,(H,21,24)(H,22,23,25)/t13-/m0/s1. The lowest BCUT2D eigenvalue weighted by molar-refractivity contribution is -0.119. The van der Waals surface area contributed by atoms with E-state index in [0.29, 0.717) is 23.2 Å². The number of hydrogen-bond donors (Lipinski definition) is 2. The molecule has 5 nitrogen and oxygen atoms in total. The number of aromatic amines is 1. The first-order valence-corrected chi connectivity index (χ1v) is 11.8. The Hall–Kier alpha value is -1.34. The summed E-state index contributed by atoms with van der Waals surface area (Å²) in [5.74, 6) is 2.29. The molecule has 2 N–H and O–H groups in total. The Morgan fingerprint density at radius 1 is 1.26 bits per heavy atom. The number of rotatable bonds is 8. The van der Waals surface area contributed by atoms with Gasteiger partial charge in [-0.15, -0.1) is 23.1 Å². The van der Waals surface area contributed by atoms with Crippen LogP contribution in [0.2, 0.25) is 0 Å². The molecule has 148 valence electrons. The summed E-state index contributed by atoms with van der Waals surface area (Å²) in [5.41, 5.74) is 1.19. The number of nitrogens with one attached hydrogen (secondary N) is 2. The Labute approximate surface area is 168 Å². The van der Waals surface area contributed by atoms with Gasteiger partial charge in [-0.25, -0.2) is 4.98 Å². The quantitative estimate of drug-likeness (QED) is 0.693. The zero-order valence-corrected chi connectivity index (χ0v) is 18.0. The highest BCUT2D eigenvalue weighted by molar-refractivity contribution is 7.99. The van der Waals surface area contributed by atoms with Crippen LogP contribution in [0.15, 0.2) is 4.79 Å². The van der Waals surface area contributed by atoms with Gasteiger partial charge in [-0.05, 0) is 56.9 Å². The third-order valence-electron chi connectivity index (χ3n) is 4.93. The second-order valence-electron chi connectivity index (χ2n) is 7.84. The van der Waals surface area contributed by atoms with Crippen molar-refractivity contribution in [2.45, 2.75) is 71.1 Å². The molecule has 1 atom stereocenters. The predicted molar refractivity (Wildman–Crippen MR) is 115 cm³/mol. The van der Waals surface area contributed by atoms with Crippen LogP contribution in [0, 0.1) is 5.92 Å². The zero-order valence-electron chi connectivity index (χ0n) is 16.4. The fraction of sp³-hybridized carbons (Fsp3) is 0.650. The van der Waals surface area contributed by atoms with Gasteiger partial charge in [0.15, 0.2) is 0 Å². The molecular weight excluding hydrogens is 378 g/mol. The van der Waals surface area contributed by atoms with Crippen LogP contribution in [-0.4, -0.2) is 27.7 Å². The van der Waals surface area contributed by atoms with E-state index < -0.39 is 0 Å². The molecule has 0 bridgehead atoms. The van der Waals surface area contributed by atoms with E-state index in [9.17, 15) is 9.59 Å². The number of fused-ring (bicyclic) bond motifs is 3. The molecule has 1 aliphatic rings. The number of aromatic nitrogens is 2. The maximum absolute atomic E-state index is 12.5. The van der Waals surface area contributed by atoms with Gasteiger partial charge >= 0.3 is 0 Å². The van der Waals surface area contributed by atoms with Crippen LogP contribution in [0.5, 0.6) is 0 Å². The topological polar surface area (TPSA) is 74.8 Å². The second-order valence-corrected chi connectivity index (χ2v) is 9.91. The number of nitrogens with zero attached hydrogens (tertiary/aromatic N) is 1. The molecule has 2 aromatic rings. The van der Waals surface area contributed by atoms with Gasteiger partial charge in [0.25, 0.3) is 5.56 Å². The van der Waals surface area contributed by atoms with Crippen LogP contribution in [0.3, 0.4) is 0 Å². The summed E-state index contributed by atoms with van der Waals surface area (Å²) in [4.78, 5) is 34.4. The Balaban J connectivity index is 1.55. The molecule has 0 spiro atoms. The van der Waals surface area contributed by atoms with Gasteiger partial charge in [0.1, 0.15) is 10.7 Å². The van der Waals surface area contributed by atoms with Gasteiger partial charge in [-0.3, -0.25) is 9.59 Å². The fourth-order valence-corrected chi connectivity index (χ4v) is 5.47. The van der Waals surface area contributed by atoms with E-state index >= 15 is 0 Å². The molecule has 1 aliphatic carbocycles. The first-order valence-electron chi connectivity index (χ1n) is 9.84. The molecule has 0 fully saturated rings. The summed E-state index contributed by atoms with van der Waals surface area (Å²) < 4.78 is 0. The van der Waals surface area contributed by atoms with E-state index in [1.54, 1.807) is 11.3 Å². The average molecular weight is 408 g/mol. The smallest absolute Gasteiger partial charge is 0.259 e. The van der Waals surface area contributed by atoms with E-state index in [2.05, 4.69) is 36.1 Å². The minimum Gasteiger partial charge on any atom is -0.353 e. The Morgan fingerprint density at radius 2 is 2.04 bits per heavy atom. The SMILES string of the molecule is CC(C)CC[C@H](C)NC(=O)CSCc1nc2sc3c(c2c(=O)[nH]1)CCCC3. The van der Waals surface area contributed by atoms with Crippen molar-refractivity contribution in [3.8, 4) is 0 Å². The lowest BCUT2D eigenvalue weighted by atomic mass is 9.97. The van der Waals surface area contributed by atoms with Crippen LogP contribution in [0.25, 0.3) is 10.2 Å². The van der Waals surface area contributed by atoms with Crippen molar-refractivity contribution in [3.05, 3.63) is 26.6 Å². The summed E-state index contributed by atoms with van der Waals surface area (Å²) in [6.07, 6.45) is 6.53. The average Bonchev–Trinajstić information content (AvgIpc) is 2.98. The van der Waals surface area contributed by atoms with Crippen LogP contribution < -0.4 is 10.9 Å². The number of thioether (sulfide) groups is 1.